The number of nitrogens with one attached hydrogen (secondary N) is 1. The molecule has 2 aliphatic carbocycles. The molecule has 6 nitrogen and oxygen atoms in total. The summed E-state index contributed by atoms with van der Waals surface area (Å²) < 4.78 is 5.60. The molecule has 28 heavy (non-hydrogen) atoms. The number of ether oxygens (including phenoxy) is 1. The van der Waals surface area contributed by atoms with Gasteiger partial charge >= 0.3 is 12.0 Å². The largest absolute Gasteiger partial charge is 0.493 e. The number of carboxylic acid groups (broad SMARTS) is 1. The summed E-state index contributed by atoms with van der Waals surface area (Å²) >= 11 is 0. The van der Waals surface area contributed by atoms with E-state index in [1.54, 1.807) is 0 Å². The summed E-state index contributed by atoms with van der Waals surface area (Å²) in [5, 5.41) is 12.4. The average Bonchev–Trinajstić information content (AvgIpc) is 3.38. The van der Waals surface area contributed by atoms with Crippen molar-refractivity contribution < 1.29 is 19.4 Å². The van der Waals surface area contributed by atoms with E-state index in [2.05, 4.69) is 17.4 Å². The third-order valence-corrected chi connectivity index (χ3v) is 6.54. The quantitative estimate of drug-likeness (QED) is 0.808. The van der Waals surface area contributed by atoms with Crippen LogP contribution in [0.1, 0.15) is 62.5 Å². The van der Waals surface area contributed by atoms with Crippen LogP contribution in [0.25, 0.3) is 0 Å². The van der Waals surface area contributed by atoms with Gasteiger partial charge in [-0.1, -0.05) is 25.0 Å². The van der Waals surface area contributed by atoms with Crippen molar-refractivity contribution in [1.82, 2.24) is 10.2 Å². The molecule has 2 amide bonds. The second-order valence-electron chi connectivity index (χ2n) is 8.44. The molecule has 0 atom stereocenters. The van der Waals surface area contributed by atoms with E-state index in [1.807, 2.05) is 11.0 Å². The van der Waals surface area contributed by atoms with Gasteiger partial charge in [-0.15, -0.1) is 0 Å². The lowest BCUT2D eigenvalue weighted by Gasteiger charge is -2.33. The zero-order chi connectivity index (χ0) is 19.5. The van der Waals surface area contributed by atoms with Gasteiger partial charge in [-0.25, -0.2) is 4.79 Å². The lowest BCUT2D eigenvalue weighted by molar-refractivity contribution is -0.142. The van der Waals surface area contributed by atoms with Gasteiger partial charge in [0.1, 0.15) is 5.75 Å². The van der Waals surface area contributed by atoms with Crippen LogP contribution in [0.3, 0.4) is 0 Å². The molecule has 0 spiro atoms. The summed E-state index contributed by atoms with van der Waals surface area (Å²) in [6.45, 7) is 1.36. The number of benzene rings is 1. The second-order valence-corrected chi connectivity index (χ2v) is 8.44. The van der Waals surface area contributed by atoms with Crippen LogP contribution in [0.4, 0.5) is 4.79 Å². The molecule has 2 fully saturated rings. The highest BCUT2D eigenvalue weighted by atomic mass is 16.5. The third-order valence-electron chi connectivity index (χ3n) is 6.54. The number of carbonyl (C=O) groups is 2. The summed E-state index contributed by atoms with van der Waals surface area (Å²) in [7, 11) is 0. The van der Waals surface area contributed by atoms with E-state index in [-0.39, 0.29) is 18.0 Å². The molecular formula is C22H30N2O4. The van der Waals surface area contributed by atoms with Crippen LogP contribution < -0.4 is 10.1 Å². The first kappa shape index (κ1) is 19.1. The number of rotatable bonds is 5. The third kappa shape index (κ3) is 4.26. The molecule has 152 valence electrons. The monoisotopic (exact) mass is 386 g/mol. The molecule has 2 saturated carbocycles. The van der Waals surface area contributed by atoms with Gasteiger partial charge in [-0.05, 0) is 55.7 Å². The minimum Gasteiger partial charge on any atom is -0.493 e. The molecule has 0 bridgehead atoms. The number of nitrogens with zero attached hydrogens (tertiary/aromatic N) is 1. The van der Waals surface area contributed by atoms with Crippen LogP contribution in [0, 0.1) is 5.92 Å². The van der Waals surface area contributed by atoms with Gasteiger partial charge in [0.15, 0.2) is 0 Å². The van der Waals surface area contributed by atoms with E-state index in [9.17, 15) is 9.59 Å². The van der Waals surface area contributed by atoms with Crippen molar-refractivity contribution >= 4 is 12.0 Å². The molecule has 0 radical (unpaired) electrons. The molecule has 0 saturated heterocycles. The van der Waals surface area contributed by atoms with Crippen LogP contribution in [0.15, 0.2) is 18.2 Å². The highest BCUT2D eigenvalue weighted by Crippen LogP contribution is 2.30. The summed E-state index contributed by atoms with van der Waals surface area (Å²) in [5.41, 5.74) is 2.39. The Bertz CT molecular complexity index is 721. The van der Waals surface area contributed by atoms with Crippen LogP contribution >= 0.6 is 0 Å². The minimum atomic E-state index is -0.710. The van der Waals surface area contributed by atoms with E-state index in [0.29, 0.717) is 25.4 Å². The molecule has 1 aromatic rings. The van der Waals surface area contributed by atoms with Crippen molar-refractivity contribution in [2.75, 3.05) is 6.61 Å². The van der Waals surface area contributed by atoms with Gasteiger partial charge < -0.3 is 20.1 Å². The maximum absolute atomic E-state index is 13.1. The normalized spacial score (nSPS) is 24.4. The Labute approximate surface area is 166 Å². The molecule has 1 aromatic carbocycles. The number of hydrogen-bond donors (Lipinski definition) is 2. The lowest BCUT2D eigenvalue weighted by atomic mass is 9.86. The molecular weight excluding hydrogens is 356 g/mol. The van der Waals surface area contributed by atoms with Gasteiger partial charge in [0.2, 0.25) is 0 Å². The van der Waals surface area contributed by atoms with E-state index in [4.69, 9.17) is 9.84 Å². The van der Waals surface area contributed by atoms with E-state index >= 15 is 0 Å². The molecule has 2 N–H and O–H groups in total. The van der Waals surface area contributed by atoms with Crippen LogP contribution in [0.5, 0.6) is 5.75 Å². The zero-order valence-electron chi connectivity index (χ0n) is 16.4. The maximum Gasteiger partial charge on any atom is 0.318 e. The van der Waals surface area contributed by atoms with E-state index in [0.717, 1.165) is 50.0 Å². The number of aliphatic carboxylic acids is 1. The highest BCUT2D eigenvalue weighted by molar-refractivity contribution is 5.75. The standard InChI is InChI=1S/C22H30N2O4/c25-21(26)16-6-8-18(9-7-16)23-22(27)24(19-3-1-2-4-19)14-15-5-10-20-17(13-15)11-12-28-20/h5,10,13,16,18-19H,1-4,6-9,11-12,14H2,(H,23,27)(H,25,26). The fourth-order valence-corrected chi connectivity index (χ4v) is 4.86. The Morgan fingerprint density at radius 2 is 1.86 bits per heavy atom. The molecule has 1 heterocycles. The summed E-state index contributed by atoms with van der Waals surface area (Å²) in [6, 6.07) is 6.64. The van der Waals surface area contributed by atoms with Gasteiger partial charge in [-0.3, -0.25) is 4.79 Å². The Balaban J connectivity index is 1.41. The molecule has 0 unspecified atom stereocenters. The first-order chi connectivity index (χ1) is 13.6. The molecule has 6 heteroatoms. The fraction of sp³-hybridized carbons (Fsp3) is 0.636. The van der Waals surface area contributed by atoms with Crippen molar-refractivity contribution in [3.63, 3.8) is 0 Å². The Morgan fingerprint density at radius 1 is 1.11 bits per heavy atom. The molecule has 3 aliphatic rings. The topological polar surface area (TPSA) is 78.9 Å². The maximum atomic E-state index is 13.1. The molecule has 0 aromatic heterocycles. The van der Waals surface area contributed by atoms with Crippen molar-refractivity contribution in [3.8, 4) is 5.75 Å². The number of amides is 2. The Morgan fingerprint density at radius 3 is 2.57 bits per heavy atom. The number of fused-ring (bicyclic) bond motifs is 1. The molecule has 4 rings (SSSR count). The first-order valence-electron chi connectivity index (χ1n) is 10.6. The van der Waals surface area contributed by atoms with Gasteiger partial charge in [0.05, 0.1) is 12.5 Å². The number of carbonyl (C=O) groups excluding carboxylic acids is 1. The Hall–Kier alpha value is -2.24. The van der Waals surface area contributed by atoms with Crippen molar-refractivity contribution in [3.05, 3.63) is 29.3 Å². The summed E-state index contributed by atoms with van der Waals surface area (Å²) in [5.74, 6) is 0.00137. The van der Waals surface area contributed by atoms with Crippen molar-refractivity contribution in [2.24, 2.45) is 5.92 Å². The van der Waals surface area contributed by atoms with Gasteiger partial charge in [-0.2, -0.15) is 0 Å². The Kier molecular flexibility index (Phi) is 5.74. The highest BCUT2D eigenvalue weighted by Gasteiger charge is 2.31. The van der Waals surface area contributed by atoms with Crippen LogP contribution in [-0.2, 0) is 17.8 Å². The average molecular weight is 386 g/mol. The smallest absolute Gasteiger partial charge is 0.318 e. The van der Waals surface area contributed by atoms with Crippen LogP contribution in [-0.4, -0.2) is 40.7 Å². The predicted octanol–water partition coefficient (Wildman–Crippen LogP) is 3.72. The number of urea groups is 1. The van der Waals surface area contributed by atoms with E-state index < -0.39 is 5.97 Å². The first-order valence-corrected chi connectivity index (χ1v) is 10.6. The molecule has 1 aliphatic heterocycles. The number of carboxylic acids is 1. The lowest BCUT2D eigenvalue weighted by Crippen LogP contribution is -2.49. The summed E-state index contributed by atoms with van der Waals surface area (Å²) in [6.07, 6.45) is 8.20. The predicted molar refractivity (Wildman–Crippen MR) is 105 cm³/mol. The SMILES string of the molecule is O=C(O)C1CCC(NC(=O)N(Cc2ccc3c(c2)CCO3)C2CCCC2)CC1. The number of hydrogen-bond acceptors (Lipinski definition) is 3. The van der Waals surface area contributed by atoms with Crippen molar-refractivity contribution in [2.45, 2.75) is 76.4 Å². The van der Waals surface area contributed by atoms with Gasteiger partial charge in [0, 0.05) is 25.0 Å². The van der Waals surface area contributed by atoms with Crippen molar-refractivity contribution in [1.29, 1.82) is 0 Å². The summed E-state index contributed by atoms with van der Waals surface area (Å²) in [4.78, 5) is 26.3. The fourth-order valence-electron chi connectivity index (χ4n) is 4.86. The van der Waals surface area contributed by atoms with Crippen LogP contribution in [0.2, 0.25) is 0 Å². The zero-order valence-corrected chi connectivity index (χ0v) is 16.4. The van der Waals surface area contributed by atoms with Gasteiger partial charge in [0.25, 0.3) is 0 Å². The minimum absolute atomic E-state index is 0.00224. The second kappa shape index (κ2) is 8.41. The van der Waals surface area contributed by atoms with E-state index in [1.165, 1.54) is 18.4 Å².